The van der Waals surface area contributed by atoms with Crippen molar-refractivity contribution in [3.63, 3.8) is 0 Å². The van der Waals surface area contributed by atoms with Crippen molar-refractivity contribution in [2.75, 3.05) is 31.6 Å². The molecule has 1 aliphatic rings. The van der Waals surface area contributed by atoms with Gasteiger partial charge in [-0.2, -0.15) is 5.10 Å². The molecule has 0 saturated carbocycles. The van der Waals surface area contributed by atoms with E-state index >= 15 is 0 Å². The molecular formula is C18H24N4O2. The highest BCUT2D eigenvalue weighted by molar-refractivity contribution is 5.93. The largest absolute Gasteiger partial charge is 0.495 e. The zero-order valence-electron chi connectivity index (χ0n) is 14.2. The van der Waals surface area contributed by atoms with Crippen LogP contribution in [-0.4, -0.2) is 42.4 Å². The first kappa shape index (κ1) is 16.4. The van der Waals surface area contributed by atoms with Gasteiger partial charge in [-0.15, -0.1) is 0 Å². The van der Waals surface area contributed by atoms with Gasteiger partial charge in [-0.25, -0.2) is 0 Å². The molecule has 1 saturated heterocycles. The normalized spacial score (nSPS) is 17.1. The number of carbonyl (C=O) groups is 1. The number of ether oxygens (including phenoxy) is 1. The van der Waals surface area contributed by atoms with Gasteiger partial charge in [-0.3, -0.25) is 9.48 Å². The van der Waals surface area contributed by atoms with E-state index in [4.69, 9.17) is 4.74 Å². The van der Waals surface area contributed by atoms with Gasteiger partial charge in [0, 0.05) is 32.4 Å². The Kier molecular flexibility index (Phi) is 5.03. The molecule has 1 fully saturated rings. The number of aryl methyl sites for hydroxylation is 1. The predicted molar refractivity (Wildman–Crippen MR) is 93.5 cm³/mol. The summed E-state index contributed by atoms with van der Waals surface area (Å²) in [7, 11) is 1.70. The molecule has 1 amide bonds. The first-order valence-corrected chi connectivity index (χ1v) is 8.40. The SMILES string of the molecule is CCn1cc(C(=O)NCC2CCN(c3ccccc3OC)C2)cn1. The van der Waals surface area contributed by atoms with Crippen molar-refractivity contribution in [3.05, 3.63) is 42.2 Å². The van der Waals surface area contributed by atoms with Crippen LogP contribution < -0.4 is 15.0 Å². The van der Waals surface area contributed by atoms with Crippen LogP contribution in [0.2, 0.25) is 0 Å². The maximum atomic E-state index is 12.2. The summed E-state index contributed by atoms with van der Waals surface area (Å²) in [6.07, 6.45) is 4.46. The van der Waals surface area contributed by atoms with E-state index in [2.05, 4.69) is 21.4 Å². The van der Waals surface area contributed by atoms with Crippen LogP contribution in [0.5, 0.6) is 5.75 Å². The lowest BCUT2D eigenvalue weighted by Crippen LogP contribution is -2.30. The highest BCUT2D eigenvalue weighted by Crippen LogP contribution is 2.31. The lowest BCUT2D eigenvalue weighted by molar-refractivity contribution is 0.0948. The highest BCUT2D eigenvalue weighted by Gasteiger charge is 2.25. The third kappa shape index (κ3) is 3.53. The van der Waals surface area contributed by atoms with E-state index in [0.717, 1.165) is 37.5 Å². The van der Waals surface area contributed by atoms with E-state index in [1.54, 1.807) is 24.2 Å². The second-order valence-electron chi connectivity index (χ2n) is 6.07. The highest BCUT2D eigenvalue weighted by atomic mass is 16.5. The summed E-state index contributed by atoms with van der Waals surface area (Å²) in [5, 5.41) is 7.17. The number of methoxy groups -OCH3 is 1. The quantitative estimate of drug-likeness (QED) is 0.883. The summed E-state index contributed by atoms with van der Waals surface area (Å²) in [4.78, 5) is 14.5. The Balaban J connectivity index is 1.54. The molecule has 0 aliphatic carbocycles. The summed E-state index contributed by atoms with van der Waals surface area (Å²) in [6.45, 7) is 5.36. The van der Waals surface area contributed by atoms with Gasteiger partial charge in [-0.1, -0.05) is 12.1 Å². The number of benzene rings is 1. The van der Waals surface area contributed by atoms with Crippen LogP contribution >= 0.6 is 0 Å². The number of nitrogens with one attached hydrogen (secondary N) is 1. The first-order valence-electron chi connectivity index (χ1n) is 8.40. The molecule has 3 rings (SSSR count). The molecule has 1 unspecified atom stereocenters. The van der Waals surface area contributed by atoms with Crippen molar-refractivity contribution in [1.29, 1.82) is 0 Å². The summed E-state index contributed by atoms with van der Waals surface area (Å²) in [5.41, 5.74) is 1.74. The van der Waals surface area contributed by atoms with Gasteiger partial charge in [0.2, 0.25) is 0 Å². The molecular weight excluding hydrogens is 304 g/mol. The van der Waals surface area contributed by atoms with E-state index in [-0.39, 0.29) is 5.91 Å². The van der Waals surface area contributed by atoms with Gasteiger partial charge in [0.05, 0.1) is 24.6 Å². The molecule has 1 N–H and O–H groups in total. The van der Waals surface area contributed by atoms with E-state index in [1.807, 2.05) is 25.1 Å². The molecule has 1 aliphatic heterocycles. The molecule has 0 spiro atoms. The van der Waals surface area contributed by atoms with Gasteiger partial charge in [0.1, 0.15) is 5.75 Å². The Hall–Kier alpha value is -2.50. The predicted octanol–water partition coefficient (Wildman–Crippen LogP) is 2.17. The molecule has 6 heteroatoms. The average molecular weight is 328 g/mol. The van der Waals surface area contributed by atoms with Gasteiger partial charge in [-0.05, 0) is 31.4 Å². The lowest BCUT2D eigenvalue weighted by Gasteiger charge is -2.21. The molecule has 24 heavy (non-hydrogen) atoms. The Morgan fingerprint density at radius 2 is 2.25 bits per heavy atom. The fourth-order valence-corrected chi connectivity index (χ4v) is 3.10. The van der Waals surface area contributed by atoms with Crippen molar-refractivity contribution in [1.82, 2.24) is 15.1 Å². The molecule has 2 aromatic rings. The van der Waals surface area contributed by atoms with Crippen LogP contribution in [0.3, 0.4) is 0 Å². The summed E-state index contributed by atoms with van der Waals surface area (Å²) in [5.74, 6) is 1.29. The maximum Gasteiger partial charge on any atom is 0.254 e. The van der Waals surface area contributed by atoms with Gasteiger partial charge >= 0.3 is 0 Å². The molecule has 1 aromatic carbocycles. The molecule has 6 nitrogen and oxygen atoms in total. The van der Waals surface area contributed by atoms with Crippen LogP contribution in [0.15, 0.2) is 36.7 Å². The molecule has 1 aromatic heterocycles. The van der Waals surface area contributed by atoms with Crippen molar-refractivity contribution >= 4 is 11.6 Å². The third-order valence-corrected chi connectivity index (χ3v) is 4.48. The average Bonchev–Trinajstić information content (AvgIpc) is 3.29. The van der Waals surface area contributed by atoms with Crippen molar-refractivity contribution in [2.45, 2.75) is 19.9 Å². The number of anilines is 1. The summed E-state index contributed by atoms with van der Waals surface area (Å²) in [6, 6.07) is 8.07. The summed E-state index contributed by atoms with van der Waals surface area (Å²) >= 11 is 0. The van der Waals surface area contributed by atoms with Crippen LogP contribution in [0.25, 0.3) is 0 Å². The molecule has 128 valence electrons. The fourth-order valence-electron chi connectivity index (χ4n) is 3.10. The number of aromatic nitrogens is 2. The fraction of sp³-hybridized carbons (Fsp3) is 0.444. The Morgan fingerprint density at radius 3 is 3.00 bits per heavy atom. The van der Waals surface area contributed by atoms with Crippen molar-refractivity contribution in [2.24, 2.45) is 5.92 Å². The van der Waals surface area contributed by atoms with E-state index in [0.29, 0.717) is 18.0 Å². The third-order valence-electron chi connectivity index (χ3n) is 4.48. The molecule has 0 radical (unpaired) electrons. The monoisotopic (exact) mass is 328 g/mol. The first-order chi connectivity index (χ1) is 11.7. The van der Waals surface area contributed by atoms with Crippen LogP contribution in [0.4, 0.5) is 5.69 Å². The molecule has 2 heterocycles. The van der Waals surface area contributed by atoms with Crippen molar-refractivity contribution in [3.8, 4) is 5.75 Å². The second-order valence-corrected chi connectivity index (χ2v) is 6.07. The summed E-state index contributed by atoms with van der Waals surface area (Å²) < 4.78 is 7.20. The number of rotatable bonds is 6. The van der Waals surface area contributed by atoms with E-state index < -0.39 is 0 Å². The Morgan fingerprint density at radius 1 is 1.42 bits per heavy atom. The molecule has 1 atom stereocenters. The van der Waals surface area contributed by atoms with Gasteiger partial charge < -0.3 is 15.0 Å². The minimum atomic E-state index is -0.0505. The van der Waals surface area contributed by atoms with Gasteiger partial charge in [0.25, 0.3) is 5.91 Å². The maximum absolute atomic E-state index is 12.2. The van der Waals surface area contributed by atoms with Crippen LogP contribution in [-0.2, 0) is 6.54 Å². The number of amides is 1. The van der Waals surface area contributed by atoms with Gasteiger partial charge in [0.15, 0.2) is 0 Å². The minimum Gasteiger partial charge on any atom is -0.495 e. The van der Waals surface area contributed by atoms with Crippen molar-refractivity contribution < 1.29 is 9.53 Å². The smallest absolute Gasteiger partial charge is 0.254 e. The number of nitrogens with zero attached hydrogens (tertiary/aromatic N) is 3. The zero-order chi connectivity index (χ0) is 16.9. The minimum absolute atomic E-state index is 0.0505. The van der Waals surface area contributed by atoms with E-state index in [9.17, 15) is 4.79 Å². The standard InChI is InChI=1S/C18H24N4O2/c1-3-22-13-15(11-20-22)18(23)19-10-14-8-9-21(12-14)16-6-4-5-7-17(16)24-2/h4-7,11,13-14H,3,8-10,12H2,1-2H3,(H,19,23). The number of carbonyl (C=O) groups excluding carboxylic acids is 1. The number of para-hydroxylation sites is 2. The van der Waals surface area contributed by atoms with E-state index in [1.165, 1.54) is 0 Å². The Labute approximate surface area is 142 Å². The number of hydrogen-bond donors (Lipinski definition) is 1. The second kappa shape index (κ2) is 7.38. The van der Waals surface area contributed by atoms with Crippen LogP contribution in [0.1, 0.15) is 23.7 Å². The number of hydrogen-bond acceptors (Lipinski definition) is 4. The van der Waals surface area contributed by atoms with Crippen LogP contribution in [0, 0.1) is 5.92 Å². The lowest BCUT2D eigenvalue weighted by atomic mass is 10.1. The molecule has 0 bridgehead atoms. The topological polar surface area (TPSA) is 59.4 Å². The zero-order valence-corrected chi connectivity index (χ0v) is 14.2. The Bertz CT molecular complexity index is 698.